The van der Waals surface area contributed by atoms with Gasteiger partial charge in [-0.2, -0.15) is 0 Å². The molecular weight excluding hydrogens is 444 g/mol. The third kappa shape index (κ3) is 4.58. The smallest absolute Gasteiger partial charge is 0.313 e. The highest BCUT2D eigenvalue weighted by molar-refractivity contribution is 5.96. The number of anilines is 2. The van der Waals surface area contributed by atoms with Gasteiger partial charge >= 0.3 is 5.84 Å². The fourth-order valence-electron chi connectivity index (χ4n) is 3.96. The zero-order chi connectivity index (χ0) is 26.7. The van der Waals surface area contributed by atoms with Crippen molar-refractivity contribution in [2.45, 2.75) is 91.4 Å². The van der Waals surface area contributed by atoms with E-state index in [2.05, 4.69) is 0 Å². The van der Waals surface area contributed by atoms with E-state index in [1.807, 2.05) is 93.5 Å². The minimum absolute atomic E-state index is 0.199. The third-order valence-corrected chi connectivity index (χ3v) is 7.07. The van der Waals surface area contributed by atoms with E-state index in [9.17, 15) is 20.8 Å². The molecule has 1 aliphatic rings. The van der Waals surface area contributed by atoms with Gasteiger partial charge in [0.1, 0.15) is 5.54 Å². The molecule has 0 spiro atoms. The summed E-state index contributed by atoms with van der Waals surface area (Å²) >= 11 is 0. The van der Waals surface area contributed by atoms with Crippen molar-refractivity contribution in [2.24, 2.45) is 0 Å². The highest BCUT2D eigenvalue weighted by Crippen LogP contribution is 2.38. The lowest BCUT2D eigenvalue weighted by Crippen LogP contribution is -2.53. The second-order valence-electron chi connectivity index (χ2n) is 12.3. The van der Waals surface area contributed by atoms with Crippen molar-refractivity contribution in [1.82, 2.24) is 5.06 Å². The number of benzene rings is 2. The van der Waals surface area contributed by atoms with Crippen molar-refractivity contribution in [3.63, 3.8) is 0 Å². The van der Waals surface area contributed by atoms with E-state index >= 15 is 0 Å². The molecule has 0 bridgehead atoms. The Hall–Kier alpha value is -2.81. The zero-order valence-electron chi connectivity index (χ0n) is 22.6. The average molecular weight is 485 g/mol. The summed E-state index contributed by atoms with van der Waals surface area (Å²) in [6, 6.07) is 12.8. The molecule has 0 saturated heterocycles. The lowest BCUT2D eigenvalue weighted by molar-refractivity contribution is -0.539. The Kier molecular flexibility index (Phi) is 6.43. The van der Waals surface area contributed by atoms with Gasteiger partial charge < -0.3 is 5.21 Å². The minimum Gasteiger partial charge on any atom is -0.714 e. The Balaban J connectivity index is 2.10. The van der Waals surface area contributed by atoms with E-state index in [-0.39, 0.29) is 5.84 Å². The van der Waals surface area contributed by atoms with Gasteiger partial charge in [0.2, 0.25) is 0 Å². The van der Waals surface area contributed by atoms with E-state index in [1.54, 1.807) is 18.2 Å². The Labute approximate surface area is 208 Å². The maximum atomic E-state index is 13.0. The molecule has 0 unspecified atom stereocenters. The second kappa shape index (κ2) is 8.40. The molecular formula is C27H40N4O4. The van der Waals surface area contributed by atoms with Gasteiger partial charge in [-0.3, -0.25) is 25.3 Å². The number of hydrogen-bond acceptors (Lipinski definition) is 7. The number of rotatable bonds is 4. The molecule has 192 valence electrons. The van der Waals surface area contributed by atoms with Gasteiger partial charge in [-0.15, -0.1) is 5.06 Å². The summed E-state index contributed by atoms with van der Waals surface area (Å²) in [6.07, 6.45) is 0. The number of hydroxylamine groups is 5. The van der Waals surface area contributed by atoms with Crippen molar-refractivity contribution < 1.29 is 20.4 Å². The van der Waals surface area contributed by atoms with Crippen LogP contribution in [0.1, 0.15) is 74.8 Å². The Morgan fingerprint density at radius 2 is 1.14 bits per heavy atom. The molecule has 0 saturated carbocycles. The molecule has 0 atom stereocenters. The van der Waals surface area contributed by atoms with Crippen molar-refractivity contribution in [1.29, 1.82) is 0 Å². The Morgan fingerprint density at radius 3 is 1.49 bits per heavy atom. The predicted octanol–water partition coefficient (Wildman–Crippen LogP) is 5.86. The van der Waals surface area contributed by atoms with Gasteiger partial charge in [0, 0.05) is 0 Å². The highest BCUT2D eigenvalue weighted by atomic mass is 16.5. The fourth-order valence-corrected chi connectivity index (χ4v) is 3.96. The molecule has 3 N–H and O–H groups in total. The molecule has 1 heterocycles. The molecule has 8 nitrogen and oxygen atoms in total. The van der Waals surface area contributed by atoms with Crippen LogP contribution in [-0.4, -0.2) is 53.4 Å². The van der Waals surface area contributed by atoms with Crippen LogP contribution in [0.15, 0.2) is 42.5 Å². The second-order valence-corrected chi connectivity index (χ2v) is 12.3. The SMILES string of the molecule is CC(C)(C)N(O)c1cc(-c2ccc(C3=[N+]([O-])C(C)(C)C(C)(C)N3O)cc2)cc(N(O)C(C)(C)C)c1. The van der Waals surface area contributed by atoms with Gasteiger partial charge in [0.15, 0.2) is 5.54 Å². The Bertz CT molecular complexity index is 1090. The highest BCUT2D eigenvalue weighted by Gasteiger charge is 2.58. The topological polar surface area (TPSA) is 96.5 Å². The fraction of sp³-hybridized carbons (Fsp3) is 0.519. The average Bonchev–Trinajstić information content (AvgIpc) is 2.87. The van der Waals surface area contributed by atoms with Crippen molar-refractivity contribution in [2.75, 3.05) is 10.1 Å². The summed E-state index contributed by atoms with van der Waals surface area (Å²) in [5, 5.41) is 48.9. The van der Waals surface area contributed by atoms with Crippen LogP contribution in [0, 0.1) is 5.21 Å². The van der Waals surface area contributed by atoms with Gasteiger partial charge in [0.05, 0.1) is 28.0 Å². The van der Waals surface area contributed by atoms with E-state index < -0.39 is 22.2 Å². The summed E-state index contributed by atoms with van der Waals surface area (Å²) in [5.41, 5.74) is 0.587. The van der Waals surface area contributed by atoms with Crippen LogP contribution in [0.2, 0.25) is 0 Å². The molecule has 2 aromatic rings. The molecule has 0 fully saturated rings. The van der Waals surface area contributed by atoms with Gasteiger partial charge in [0.25, 0.3) is 0 Å². The van der Waals surface area contributed by atoms with Crippen LogP contribution < -0.4 is 10.1 Å². The summed E-state index contributed by atoms with van der Waals surface area (Å²) in [6.45, 7) is 18.6. The van der Waals surface area contributed by atoms with E-state index in [4.69, 9.17) is 0 Å². The van der Waals surface area contributed by atoms with Crippen LogP contribution in [0.5, 0.6) is 0 Å². The first-order valence-corrected chi connectivity index (χ1v) is 11.9. The first-order chi connectivity index (χ1) is 15.8. The molecule has 0 amide bonds. The molecule has 3 rings (SSSR count). The minimum atomic E-state index is -0.825. The molecule has 0 aliphatic carbocycles. The summed E-state index contributed by atoms with van der Waals surface area (Å²) in [4.78, 5) is 0. The van der Waals surface area contributed by atoms with Crippen LogP contribution in [0.25, 0.3) is 11.1 Å². The van der Waals surface area contributed by atoms with E-state index in [0.717, 1.165) is 20.9 Å². The van der Waals surface area contributed by atoms with Crippen LogP contribution in [0.4, 0.5) is 11.4 Å². The summed E-state index contributed by atoms with van der Waals surface area (Å²) < 4.78 is 0.862. The molecule has 0 radical (unpaired) electrons. The predicted molar refractivity (Wildman–Crippen MR) is 139 cm³/mol. The maximum absolute atomic E-state index is 13.0. The summed E-state index contributed by atoms with van der Waals surface area (Å²) in [7, 11) is 0. The zero-order valence-corrected chi connectivity index (χ0v) is 22.6. The standard InChI is InChI=1S/C27H40N4O4/c1-24(2,3)28(32)21-15-20(16-22(17-21)29(33)25(4,5)6)18-11-13-19(14-12-18)23-30(34)26(7,8)27(9,10)31(23)35/h11-17,32-34H,1-10H3. The normalized spacial score (nSPS) is 17.7. The molecule has 8 heteroatoms. The Morgan fingerprint density at radius 1 is 0.743 bits per heavy atom. The van der Waals surface area contributed by atoms with Crippen LogP contribution in [0.3, 0.4) is 0 Å². The van der Waals surface area contributed by atoms with Crippen LogP contribution in [-0.2, 0) is 0 Å². The first kappa shape index (κ1) is 26.8. The van der Waals surface area contributed by atoms with E-state index in [0.29, 0.717) is 16.9 Å². The molecule has 35 heavy (non-hydrogen) atoms. The summed E-state index contributed by atoms with van der Waals surface area (Å²) in [5.74, 6) is 0.199. The van der Waals surface area contributed by atoms with E-state index in [1.165, 1.54) is 10.1 Å². The molecule has 2 aromatic carbocycles. The van der Waals surface area contributed by atoms with Gasteiger partial charge in [-0.05, 0) is 111 Å². The monoisotopic (exact) mass is 484 g/mol. The number of nitrogens with zero attached hydrogens (tertiary/aromatic N) is 4. The quantitative estimate of drug-likeness (QED) is 0.284. The third-order valence-electron chi connectivity index (χ3n) is 7.07. The van der Waals surface area contributed by atoms with Crippen molar-refractivity contribution in [3.05, 3.63) is 53.2 Å². The first-order valence-electron chi connectivity index (χ1n) is 11.9. The molecule has 1 aliphatic heterocycles. The van der Waals surface area contributed by atoms with Crippen LogP contribution >= 0.6 is 0 Å². The molecule has 0 aromatic heterocycles. The lowest BCUT2D eigenvalue weighted by atomic mass is 9.84. The number of hydrogen-bond donors (Lipinski definition) is 3. The lowest BCUT2D eigenvalue weighted by Gasteiger charge is -2.35. The van der Waals surface area contributed by atoms with Crippen molar-refractivity contribution >= 4 is 17.2 Å². The largest absolute Gasteiger partial charge is 0.714 e. The van der Waals surface area contributed by atoms with Gasteiger partial charge in [-0.25, -0.2) is 5.21 Å². The van der Waals surface area contributed by atoms with Gasteiger partial charge in [-0.1, -0.05) is 12.1 Å². The number of amidine groups is 1. The van der Waals surface area contributed by atoms with Crippen molar-refractivity contribution in [3.8, 4) is 11.1 Å². The maximum Gasteiger partial charge on any atom is 0.313 e.